The van der Waals surface area contributed by atoms with Crippen molar-refractivity contribution in [3.63, 3.8) is 0 Å². The summed E-state index contributed by atoms with van der Waals surface area (Å²) < 4.78 is 16.0. The molecule has 1 amide bonds. The molecule has 1 aromatic heterocycles. The van der Waals surface area contributed by atoms with Crippen molar-refractivity contribution >= 4 is 11.6 Å². The van der Waals surface area contributed by atoms with Crippen molar-refractivity contribution in [2.75, 3.05) is 26.6 Å². The number of carbonyl (C=O) groups is 1. The van der Waals surface area contributed by atoms with Gasteiger partial charge in [0.1, 0.15) is 17.2 Å². The highest BCUT2D eigenvalue weighted by molar-refractivity contribution is 5.96. The van der Waals surface area contributed by atoms with Crippen LogP contribution < -0.4 is 24.6 Å². The van der Waals surface area contributed by atoms with Gasteiger partial charge in [-0.1, -0.05) is 18.2 Å². The van der Waals surface area contributed by atoms with E-state index in [4.69, 9.17) is 14.2 Å². The molecular weight excluding hydrogens is 362 g/mol. The van der Waals surface area contributed by atoms with E-state index in [-0.39, 0.29) is 11.7 Å². The van der Waals surface area contributed by atoms with Gasteiger partial charge < -0.3 is 24.6 Å². The lowest BCUT2D eigenvalue weighted by atomic mass is 9.96. The number of nitrogens with zero attached hydrogens (tertiary/aromatic N) is 4. The standard InChI is InChI=1S/C19H21N5O4/c1-26-13-9-8-12(17(11-13)28-3)10-14(18-21-23-24-22-18)19(25)20-15-6-4-5-7-16(15)27-2/h4-9,11,14H,10H2,1-3H3,(H2,20,21,22,23,24,25)/p-1/t14-/m0/s1. The number of hydrogen-bond acceptors (Lipinski definition) is 7. The predicted octanol–water partition coefficient (Wildman–Crippen LogP) is 1.82. The largest absolute Gasteiger partial charge is 0.497 e. The van der Waals surface area contributed by atoms with Crippen molar-refractivity contribution in [1.82, 2.24) is 20.6 Å². The van der Waals surface area contributed by atoms with Crippen LogP contribution in [0.2, 0.25) is 0 Å². The third-order valence-corrected chi connectivity index (χ3v) is 4.25. The Morgan fingerprint density at radius 1 is 1.07 bits per heavy atom. The summed E-state index contributed by atoms with van der Waals surface area (Å²) in [6.07, 6.45) is 0.293. The van der Waals surface area contributed by atoms with Gasteiger partial charge in [0.25, 0.3) is 0 Å². The first-order chi connectivity index (χ1) is 13.7. The van der Waals surface area contributed by atoms with Crippen LogP contribution in [0.1, 0.15) is 17.3 Å². The van der Waals surface area contributed by atoms with Gasteiger partial charge in [0.05, 0.1) is 32.9 Å². The van der Waals surface area contributed by atoms with Gasteiger partial charge in [-0.15, -0.1) is 0 Å². The second-order valence-corrected chi connectivity index (χ2v) is 5.86. The molecule has 0 bridgehead atoms. The van der Waals surface area contributed by atoms with Crippen molar-refractivity contribution in [3.8, 4) is 17.2 Å². The monoisotopic (exact) mass is 382 g/mol. The Morgan fingerprint density at radius 2 is 1.86 bits per heavy atom. The van der Waals surface area contributed by atoms with Crippen LogP contribution in [0.3, 0.4) is 0 Å². The Hall–Kier alpha value is -3.62. The summed E-state index contributed by atoms with van der Waals surface area (Å²) in [5.74, 6) is 1.01. The van der Waals surface area contributed by atoms with Crippen LogP contribution in [-0.4, -0.2) is 42.8 Å². The number of carbonyl (C=O) groups excluding carboxylic acids is 1. The van der Waals surface area contributed by atoms with E-state index in [1.54, 1.807) is 45.6 Å². The Labute approximate surface area is 162 Å². The van der Waals surface area contributed by atoms with Crippen LogP contribution in [-0.2, 0) is 11.2 Å². The minimum atomic E-state index is -0.720. The SMILES string of the molecule is COc1ccc(C[C@H](C(=O)Nc2ccccc2OC)c2nnn[n-]2)c(OC)c1. The number of rotatable bonds is 8. The zero-order valence-electron chi connectivity index (χ0n) is 15.7. The average molecular weight is 382 g/mol. The maximum Gasteiger partial charge on any atom is 0.232 e. The van der Waals surface area contributed by atoms with Crippen molar-refractivity contribution in [1.29, 1.82) is 0 Å². The molecule has 0 spiro atoms. The van der Waals surface area contributed by atoms with Gasteiger partial charge in [-0.05, 0) is 30.2 Å². The van der Waals surface area contributed by atoms with E-state index >= 15 is 0 Å². The summed E-state index contributed by atoms with van der Waals surface area (Å²) in [4.78, 5) is 13.0. The number of methoxy groups -OCH3 is 3. The van der Waals surface area contributed by atoms with E-state index in [0.29, 0.717) is 29.4 Å². The van der Waals surface area contributed by atoms with Gasteiger partial charge in [0.15, 0.2) is 0 Å². The van der Waals surface area contributed by atoms with Gasteiger partial charge in [-0.3, -0.25) is 15.1 Å². The van der Waals surface area contributed by atoms with Crippen molar-refractivity contribution < 1.29 is 19.0 Å². The molecule has 2 aromatic carbocycles. The maximum atomic E-state index is 13.0. The van der Waals surface area contributed by atoms with Gasteiger partial charge in [0.2, 0.25) is 5.91 Å². The minimum Gasteiger partial charge on any atom is -0.497 e. The van der Waals surface area contributed by atoms with E-state index in [2.05, 4.69) is 25.9 Å². The first-order valence-electron chi connectivity index (χ1n) is 8.49. The molecule has 3 rings (SSSR count). The minimum absolute atomic E-state index is 0.227. The molecule has 0 saturated carbocycles. The van der Waals surface area contributed by atoms with Gasteiger partial charge in [0, 0.05) is 11.9 Å². The number of anilines is 1. The molecule has 0 radical (unpaired) electrons. The van der Waals surface area contributed by atoms with Crippen LogP contribution in [0.15, 0.2) is 42.5 Å². The van der Waals surface area contributed by atoms with E-state index in [9.17, 15) is 4.79 Å². The average Bonchev–Trinajstić information content (AvgIpc) is 3.26. The number of ether oxygens (including phenoxy) is 3. The van der Waals surface area contributed by atoms with Gasteiger partial charge in [-0.25, -0.2) is 0 Å². The molecule has 0 aliphatic rings. The maximum absolute atomic E-state index is 13.0. The van der Waals surface area contributed by atoms with Crippen LogP contribution in [0.5, 0.6) is 17.2 Å². The Balaban J connectivity index is 1.89. The quantitative estimate of drug-likeness (QED) is 0.628. The molecule has 1 heterocycles. The smallest absolute Gasteiger partial charge is 0.232 e. The fraction of sp³-hybridized carbons (Fsp3) is 0.263. The molecule has 9 heteroatoms. The first kappa shape index (κ1) is 19.2. The fourth-order valence-electron chi connectivity index (χ4n) is 2.80. The number of amides is 1. The number of hydrogen-bond donors (Lipinski definition) is 1. The van der Waals surface area contributed by atoms with Crippen LogP contribution in [0.4, 0.5) is 5.69 Å². The molecule has 0 aliphatic heterocycles. The lowest BCUT2D eigenvalue weighted by Gasteiger charge is -2.19. The molecule has 1 N–H and O–H groups in total. The Bertz CT molecular complexity index is 930. The molecule has 0 fully saturated rings. The highest BCUT2D eigenvalue weighted by Gasteiger charge is 2.23. The lowest BCUT2D eigenvalue weighted by Crippen LogP contribution is -2.25. The summed E-state index contributed by atoms with van der Waals surface area (Å²) in [6.45, 7) is 0. The highest BCUT2D eigenvalue weighted by atomic mass is 16.5. The topological polar surface area (TPSA) is 110 Å². The Kier molecular flexibility index (Phi) is 6.05. The summed E-state index contributed by atoms with van der Waals surface area (Å²) in [5, 5.41) is 17.6. The zero-order chi connectivity index (χ0) is 19.9. The lowest BCUT2D eigenvalue weighted by molar-refractivity contribution is -0.117. The first-order valence-corrected chi connectivity index (χ1v) is 8.49. The summed E-state index contributed by atoms with van der Waals surface area (Å²) >= 11 is 0. The highest BCUT2D eigenvalue weighted by Crippen LogP contribution is 2.30. The van der Waals surface area contributed by atoms with E-state index in [0.717, 1.165) is 5.56 Å². The molecule has 0 unspecified atom stereocenters. The van der Waals surface area contributed by atoms with E-state index < -0.39 is 5.92 Å². The molecule has 0 aliphatic carbocycles. The molecule has 146 valence electrons. The van der Waals surface area contributed by atoms with Crippen molar-refractivity contribution in [3.05, 3.63) is 53.9 Å². The van der Waals surface area contributed by atoms with E-state index in [1.165, 1.54) is 0 Å². The van der Waals surface area contributed by atoms with Crippen molar-refractivity contribution in [2.24, 2.45) is 0 Å². The van der Waals surface area contributed by atoms with Gasteiger partial charge in [-0.2, -0.15) is 5.21 Å². The number of benzene rings is 2. The molecule has 28 heavy (non-hydrogen) atoms. The van der Waals surface area contributed by atoms with Crippen LogP contribution in [0.25, 0.3) is 0 Å². The fourth-order valence-corrected chi connectivity index (χ4v) is 2.80. The number of nitrogens with one attached hydrogen (secondary N) is 1. The third-order valence-electron chi connectivity index (χ3n) is 4.25. The van der Waals surface area contributed by atoms with Crippen molar-refractivity contribution in [2.45, 2.75) is 12.3 Å². The molecule has 1 atom stereocenters. The normalized spacial score (nSPS) is 11.5. The second-order valence-electron chi connectivity index (χ2n) is 5.86. The predicted molar refractivity (Wildman–Crippen MR) is 101 cm³/mol. The third kappa shape index (κ3) is 4.20. The Morgan fingerprint density at radius 3 is 2.54 bits per heavy atom. The van der Waals surface area contributed by atoms with Crippen LogP contribution >= 0.6 is 0 Å². The number of para-hydroxylation sites is 2. The molecule has 0 saturated heterocycles. The number of aromatic nitrogens is 4. The van der Waals surface area contributed by atoms with Gasteiger partial charge >= 0.3 is 0 Å². The molecule has 9 nitrogen and oxygen atoms in total. The summed E-state index contributed by atoms with van der Waals surface area (Å²) in [6, 6.07) is 12.5. The zero-order valence-corrected chi connectivity index (χ0v) is 15.7. The second kappa shape index (κ2) is 8.85. The molecular formula is C19H20N5O4-. The molecule has 3 aromatic rings. The summed E-state index contributed by atoms with van der Waals surface area (Å²) in [7, 11) is 4.68. The number of tetrazole rings is 1. The van der Waals surface area contributed by atoms with Crippen LogP contribution in [0, 0.1) is 0 Å². The van der Waals surface area contributed by atoms with E-state index in [1.807, 2.05) is 18.2 Å². The summed E-state index contributed by atoms with van der Waals surface area (Å²) in [5.41, 5.74) is 1.35.